The third-order valence-corrected chi connectivity index (χ3v) is 8.96. The number of benzene rings is 1. The van der Waals surface area contributed by atoms with Crippen molar-refractivity contribution >= 4 is 51.6 Å². The number of anilines is 1. The topological polar surface area (TPSA) is 84.4 Å². The molecule has 38 heavy (non-hydrogen) atoms. The number of hydrogen-bond acceptors (Lipinski definition) is 5. The first-order valence-corrected chi connectivity index (χ1v) is 13.7. The minimum atomic E-state index is -0.935. The summed E-state index contributed by atoms with van der Waals surface area (Å²) in [6.07, 6.45) is 9.31. The zero-order valence-corrected chi connectivity index (χ0v) is 22.4. The molecule has 7 nitrogen and oxygen atoms in total. The molecule has 3 aliphatic rings. The summed E-state index contributed by atoms with van der Waals surface area (Å²) in [4.78, 5) is 18.7. The highest BCUT2D eigenvalue weighted by atomic mass is 35.5. The number of hydrogen-bond donors (Lipinski definition) is 1. The molecule has 7 rings (SSSR count). The minimum Gasteiger partial charge on any atom is -0.478 e. The predicted molar refractivity (Wildman–Crippen MR) is 148 cm³/mol. The lowest BCUT2D eigenvalue weighted by Gasteiger charge is -2.46. The van der Waals surface area contributed by atoms with Crippen LogP contribution in [0.5, 0.6) is 0 Å². The number of pyridine rings is 1. The van der Waals surface area contributed by atoms with Crippen LogP contribution in [0, 0.1) is 5.41 Å². The Hall–Kier alpha value is -3.29. The average molecular weight is 549 g/mol. The number of carboxylic acids is 1. The average Bonchev–Trinajstić information content (AvgIpc) is 3.56. The van der Waals surface area contributed by atoms with Crippen molar-refractivity contribution in [2.24, 2.45) is 12.5 Å². The summed E-state index contributed by atoms with van der Waals surface area (Å²) in [6, 6.07) is 9.34. The SMILES string of the molecule is Cn1cc(C(=O)O)c2ccc(N3CCC4(C=C(c5c(-c6c(Cl)cccc6Cl)noc5C5CC5)C4)CC3)nc21. The number of nitrogens with zero attached hydrogens (tertiary/aromatic N) is 4. The molecule has 1 N–H and O–H groups in total. The van der Waals surface area contributed by atoms with Crippen LogP contribution in [-0.4, -0.2) is 38.9 Å². The Morgan fingerprint density at radius 3 is 2.47 bits per heavy atom. The predicted octanol–water partition coefficient (Wildman–Crippen LogP) is 7.18. The van der Waals surface area contributed by atoms with E-state index in [0.717, 1.165) is 73.6 Å². The minimum absolute atomic E-state index is 0.150. The quantitative estimate of drug-likeness (QED) is 0.284. The van der Waals surface area contributed by atoms with Gasteiger partial charge in [-0.05, 0) is 67.4 Å². The first kappa shape index (κ1) is 23.8. The number of allylic oxidation sites excluding steroid dienone is 2. The van der Waals surface area contributed by atoms with Crippen molar-refractivity contribution in [1.82, 2.24) is 14.7 Å². The molecular formula is C29H26Cl2N4O3. The number of fused-ring (bicyclic) bond motifs is 1. The van der Waals surface area contributed by atoms with Gasteiger partial charge in [0.2, 0.25) is 0 Å². The largest absolute Gasteiger partial charge is 0.478 e. The molecule has 2 aliphatic carbocycles. The van der Waals surface area contributed by atoms with E-state index < -0.39 is 5.97 Å². The van der Waals surface area contributed by atoms with Gasteiger partial charge in [0, 0.05) is 48.8 Å². The van der Waals surface area contributed by atoms with E-state index in [9.17, 15) is 9.90 Å². The van der Waals surface area contributed by atoms with Gasteiger partial charge in [-0.2, -0.15) is 0 Å². The molecule has 4 heterocycles. The number of aromatic carboxylic acids is 1. The molecule has 2 fully saturated rings. The second-order valence-corrected chi connectivity index (χ2v) is 11.7. The van der Waals surface area contributed by atoms with Crippen LogP contribution in [0.25, 0.3) is 27.9 Å². The lowest BCUT2D eigenvalue weighted by Crippen LogP contribution is -2.42. The maximum absolute atomic E-state index is 11.6. The number of carbonyl (C=O) groups is 1. The molecule has 0 unspecified atom stereocenters. The van der Waals surface area contributed by atoms with Gasteiger partial charge < -0.3 is 19.1 Å². The fraction of sp³-hybridized carbons (Fsp3) is 0.345. The zero-order chi connectivity index (χ0) is 26.2. The highest BCUT2D eigenvalue weighted by molar-refractivity contribution is 6.39. The lowest BCUT2D eigenvalue weighted by atomic mass is 9.63. The van der Waals surface area contributed by atoms with Crippen molar-refractivity contribution in [3.05, 3.63) is 69.5 Å². The third kappa shape index (κ3) is 3.75. The van der Waals surface area contributed by atoms with Gasteiger partial charge in [-0.3, -0.25) is 0 Å². The number of rotatable bonds is 5. The Kier molecular flexibility index (Phi) is 5.39. The van der Waals surface area contributed by atoms with E-state index in [-0.39, 0.29) is 11.0 Å². The second kappa shape index (κ2) is 8.61. The van der Waals surface area contributed by atoms with Gasteiger partial charge in [0.1, 0.15) is 22.9 Å². The first-order chi connectivity index (χ1) is 18.3. The zero-order valence-electron chi connectivity index (χ0n) is 20.9. The first-order valence-electron chi connectivity index (χ1n) is 12.9. The lowest BCUT2D eigenvalue weighted by molar-refractivity contribution is 0.0699. The molecule has 4 aromatic rings. The molecule has 1 saturated heterocycles. The Bertz CT molecular complexity index is 1620. The second-order valence-electron chi connectivity index (χ2n) is 10.8. The molecule has 0 radical (unpaired) electrons. The molecule has 194 valence electrons. The summed E-state index contributed by atoms with van der Waals surface area (Å²) in [5.41, 5.74) is 4.97. The van der Waals surface area contributed by atoms with Crippen molar-refractivity contribution < 1.29 is 14.4 Å². The van der Waals surface area contributed by atoms with E-state index in [0.29, 0.717) is 27.0 Å². The molecule has 1 aliphatic heterocycles. The Morgan fingerprint density at radius 1 is 1.11 bits per heavy atom. The molecule has 0 atom stereocenters. The summed E-state index contributed by atoms with van der Waals surface area (Å²) in [5.74, 6) is 1.34. The van der Waals surface area contributed by atoms with Gasteiger partial charge >= 0.3 is 5.97 Å². The number of carboxylic acid groups (broad SMARTS) is 1. The monoisotopic (exact) mass is 548 g/mol. The number of piperidine rings is 1. The van der Waals surface area contributed by atoms with E-state index in [4.69, 9.17) is 32.7 Å². The van der Waals surface area contributed by atoms with Crippen LogP contribution >= 0.6 is 23.2 Å². The van der Waals surface area contributed by atoms with Crippen LogP contribution < -0.4 is 4.90 Å². The summed E-state index contributed by atoms with van der Waals surface area (Å²) >= 11 is 13.1. The van der Waals surface area contributed by atoms with Crippen LogP contribution in [0.3, 0.4) is 0 Å². The highest BCUT2D eigenvalue weighted by Gasteiger charge is 2.44. The Balaban J connectivity index is 1.14. The summed E-state index contributed by atoms with van der Waals surface area (Å²) in [5, 5.41) is 15.8. The van der Waals surface area contributed by atoms with Gasteiger partial charge in [0.05, 0.1) is 15.6 Å². The van der Waals surface area contributed by atoms with Crippen molar-refractivity contribution in [2.75, 3.05) is 18.0 Å². The molecule has 1 aromatic carbocycles. The van der Waals surface area contributed by atoms with E-state index in [2.05, 4.69) is 16.1 Å². The van der Waals surface area contributed by atoms with Gasteiger partial charge in [-0.15, -0.1) is 0 Å². The number of halogens is 2. The van der Waals surface area contributed by atoms with E-state index in [1.807, 2.05) is 37.4 Å². The van der Waals surface area contributed by atoms with Crippen molar-refractivity contribution in [3.8, 4) is 11.3 Å². The Morgan fingerprint density at radius 2 is 1.82 bits per heavy atom. The normalized spacial score (nSPS) is 18.6. The fourth-order valence-corrected chi connectivity index (χ4v) is 6.68. The van der Waals surface area contributed by atoms with Crippen molar-refractivity contribution in [1.29, 1.82) is 0 Å². The third-order valence-electron chi connectivity index (χ3n) is 8.33. The Labute approximate surface area is 229 Å². The smallest absolute Gasteiger partial charge is 0.337 e. The molecule has 1 saturated carbocycles. The van der Waals surface area contributed by atoms with Crippen molar-refractivity contribution in [3.63, 3.8) is 0 Å². The molecule has 1 spiro atoms. The van der Waals surface area contributed by atoms with Crippen LogP contribution in [-0.2, 0) is 7.05 Å². The number of aryl methyl sites for hydroxylation is 1. The molecular weight excluding hydrogens is 523 g/mol. The van der Waals surface area contributed by atoms with Crippen LogP contribution in [0.1, 0.15) is 59.7 Å². The van der Waals surface area contributed by atoms with Crippen molar-refractivity contribution in [2.45, 2.75) is 38.0 Å². The molecule has 3 aromatic heterocycles. The van der Waals surface area contributed by atoms with Gasteiger partial charge in [-0.25, -0.2) is 9.78 Å². The maximum Gasteiger partial charge on any atom is 0.337 e. The van der Waals surface area contributed by atoms with Gasteiger partial charge in [0.15, 0.2) is 0 Å². The molecule has 9 heteroatoms. The fourth-order valence-electron chi connectivity index (χ4n) is 6.10. The van der Waals surface area contributed by atoms with Crippen LogP contribution in [0.2, 0.25) is 10.0 Å². The summed E-state index contributed by atoms with van der Waals surface area (Å²) in [6.45, 7) is 1.78. The standard InChI is InChI=1S/C29H26Cl2N4O3/c1-34-15-19(28(36)37)18-7-8-22(32-27(18)34)35-11-9-29(10-12-35)13-17(14-29)23-25(33-38-26(23)16-5-6-16)24-20(30)3-2-4-21(24)31/h2-4,7-8,13,15-16H,5-6,9-12,14H2,1H3,(H,36,37). The van der Waals surface area contributed by atoms with Gasteiger partial charge in [-0.1, -0.05) is 40.5 Å². The highest BCUT2D eigenvalue weighted by Crippen LogP contribution is 2.56. The van der Waals surface area contributed by atoms with E-state index >= 15 is 0 Å². The van der Waals surface area contributed by atoms with Crippen LogP contribution in [0.15, 0.2) is 47.1 Å². The molecule has 0 bridgehead atoms. The maximum atomic E-state index is 11.6. The van der Waals surface area contributed by atoms with Crippen LogP contribution in [0.4, 0.5) is 5.82 Å². The van der Waals surface area contributed by atoms with Gasteiger partial charge in [0.25, 0.3) is 0 Å². The molecule has 0 amide bonds. The summed E-state index contributed by atoms with van der Waals surface area (Å²) < 4.78 is 7.68. The summed E-state index contributed by atoms with van der Waals surface area (Å²) in [7, 11) is 1.84. The number of aromatic nitrogens is 3. The van der Waals surface area contributed by atoms with E-state index in [1.165, 1.54) is 5.57 Å². The van der Waals surface area contributed by atoms with E-state index in [1.54, 1.807) is 10.8 Å².